The minimum Gasteiger partial charge on any atom is -0.352 e. The van der Waals surface area contributed by atoms with E-state index in [1.54, 1.807) is 11.8 Å². The Morgan fingerprint density at radius 2 is 1.87 bits per heavy atom. The Kier molecular flexibility index (Phi) is 6.64. The first-order valence-corrected chi connectivity index (χ1v) is 13.1. The Bertz CT molecular complexity index is 1140. The molecule has 0 saturated carbocycles. The van der Waals surface area contributed by atoms with Crippen LogP contribution >= 0.6 is 11.8 Å². The van der Waals surface area contributed by atoms with Gasteiger partial charge in [-0.3, -0.25) is 4.79 Å². The van der Waals surface area contributed by atoms with Gasteiger partial charge in [-0.2, -0.15) is 0 Å². The summed E-state index contributed by atoms with van der Waals surface area (Å²) in [7, 11) is -3.13. The number of aromatic nitrogens is 2. The van der Waals surface area contributed by atoms with E-state index in [4.69, 9.17) is 0 Å². The van der Waals surface area contributed by atoms with Crippen molar-refractivity contribution in [2.24, 2.45) is 5.92 Å². The first kappa shape index (κ1) is 21.9. The first-order valence-electron chi connectivity index (χ1n) is 10.3. The number of imidazole rings is 1. The van der Waals surface area contributed by atoms with Crippen molar-refractivity contribution < 1.29 is 13.2 Å². The number of amides is 1. The van der Waals surface area contributed by atoms with Gasteiger partial charge in [-0.05, 0) is 42.5 Å². The van der Waals surface area contributed by atoms with E-state index in [-0.39, 0.29) is 5.91 Å². The predicted octanol–water partition coefficient (Wildman–Crippen LogP) is 3.26. The van der Waals surface area contributed by atoms with Gasteiger partial charge < -0.3 is 10.3 Å². The maximum atomic E-state index is 12.8. The van der Waals surface area contributed by atoms with Crippen LogP contribution in [0.1, 0.15) is 28.8 Å². The van der Waals surface area contributed by atoms with E-state index in [9.17, 15) is 13.2 Å². The Morgan fingerprint density at radius 1 is 1.16 bits per heavy atom. The summed E-state index contributed by atoms with van der Waals surface area (Å²) in [4.78, 5) is 20.7. The average molecular weight is 459 g/mol. The van der Waals surface area contributed by atoms with Crippen LogP contribution < -0.4 is 5.32 Å². The fourth-order valence-corrected chi connectivity index (χ4v) is 5.55. The number of hydrogen-bond donors (Lipinski definition) is 2. The van der Waals surface area contributed by atoms with Gasteiger partial charge in [0.25, 0.3) is 5.91 Å². The number of aromatic amines is 1. The van der Waals surface area contributed by atoms with E-state index in [0.717, 1.165) is 34.6 Å². The molecule has 2 heterocycles. The molecule has 0 radical (unpaired) electrons. The lowest BCUT2D eigenvalue weighted by molar-refractivity contribution is 0.0941. The van der Waals surface area contributed by atoms with Crippen LogP contribution in [-0.4, -0.2) is 54.5 Å². The second kappa shape index (κ2) is 9.42. The third kappa shape index (κ3) is 5.47. The molecule has 0 aliphatic carbocycles. The van der Waals surface area contributed by atoms with Crippen molar-refractivity contribution >= 4 is 38.7 Å². The molecular weight excluding hydrogens is 432 g/mol. The number of carbonyl (C=O) groups is 1. The zero-order valence-corrected chi connectivity index (χ0v) is 19.0. The normalized spacial score (nSPS) is 15.9. The van der Waals surface area contributed by atoms with Gasteiger partial charge in [-0.15, -0.1) is 0 Å². The van der Waals surface area contributed by atoms with Gasteiger partial charge in [-0.1, -0.05) is 42.1 Å². The molecule has 2 N–H and O–H groups in total. The average Bonchev–Trinajstić information content (AvgIpc) is 3.19. The molecule has 9 heteroatoms. The Hall–Kier alpha value is -2.36. The number of benzene rings is 2. The van der Waals surface area contributed by atoms with Gasteiger partial charge in [0.2, 0.25) is 10.0 Å². The van der Waals surface area contributed by atoms with E-state index in [2.05, 4.69) is 15.3 Å². The van der Waals surface area contributed by atoms with Crippen LogP contribution in [-0.2, 0) is 15.8 Å². The van der Waals surface area contributed by atoms with Crippen molar-refractivity contribution in [2.75, 3.05) is 25.9 Å². The minimum absolute atomic E-state index is 0.0913. The van der Waals surface area contributed by atoms with Crippen molar-refractivity contribution in [2.45, 2.75) is 23.8 Å². The number of nitrogens with zero attached hydrogens (tertiary/aromatic N) is 2. The van der Waals surface area contributed by atoms with Crippen LogP contribution in [0.2, 0.25) is 0 Å². The van der Waals surface area contributed by atoms with E-state index in [1.165, 1.54) is 10.6 Å². The van der Waals surface area contributed by atoms with Crippen LogP contribution in [0.5, 0.6) is 0 Å². The summed E-state index contributed by atoms with van der Waals surface area (Å²) < 4.78 is 24.8. The second-order valence-electron chi connectivity index (χ2n) is 7.82. The molecule has 4 rings (SSSR count). The van der Waals surface area contributed by atoms with Crippen molar-refractivity contribution in [3.05, 3.63) is 59.7 Å². The maximum Gasteiger partial charge on any atom is 0.251 e. The Labute approximate surface area is 186 Å². The fraction of sp³-hybridized carbons (Fsp3) is 0.364. The van der Waals surface area contributed by atoms with Crippen molar-refractivity contribution in [1.29, 1.82) is 0 Å². The summed E-state index contributed by atoms with van der Waals surface area (Å²) in [5, 5.41) is 3.87. The highest BCUT2D eigenvalue weighted by Crippen LogP contribution is 2.25. The molecule has 1 aliphatic heterocycles. The number of para-hydroxylation sites is 2. The van der Waals surface area contributed by atoms with E-state index in [1.807, 2.05) is 48.5 Å². The lowest BCUT2D eigenvalue weighted by Gasteiger charge is -2.30. The Balaban J connectivity index is 1.34. The zero-order valence-electron chi connectivity index (χ0n) is 17.4. The molecule has 1 saturated heterocycles. The monoisotopic (exact) mass is 458 g/mol. The third-order valence-electron chi connectivity index (χ3n) is 5.59. The first-order chi connectivity index (χ1) is 14.9. The van der Waals surface area contributed by atoms with Gasteiger partial charge in [0.15, 0.2) is 5.16 Å². The lowest BCUT2D eigenvalue weighted by atomic mass is 9.98. The molecule has 1 aromatic heterocycles. The molecule has 1 amide bonds. The van der Waals surface area contributed by atoms with Crippen LogP contribution in [0.15, 0.2) is 53.7 Å². The molecular formula is C22H26N4O3S2. The summed E-state index contributed by atoms with van der Waals surface area (Å²) in [6.45, 7) is 1.59. The van der Waals surface area contributed by atoms with Crippen molar-refractivity contribution in [3.8, 4) is 0 Å². The fourth-order valence-electron chi connectivity index (χ4n) is 3.79. The number of thioether (sulfide) groups is 1. The topological polar surface area (TPSA) is 95.2 Å². The molecule has 7 nitrogen and oxygen atoms in total. The summed E-state index contributed by atoms with van der Waals surface area (Å²) in [6, 6.07) is 15.5. The maximum absolute atomic E-state index is 12.8. The molecule has 0 unspecified atom stereocenters. The third-order valence-corrected chi connectivity index (χ3v) is 7.81. The van der Waals surface area contributed by atoms with Crippen LogP contribution in [0.25, 0.3) is 11.0 Å². The number of nitrogens with one attached hydrogen (secondary N) is 2. The number of sulfonamides is 1. The van der Waals surface area contributed by atoms with Crippen LogP contribution in [0.3, 0.4) is 0 Å². The van der Waals surface area contributed by atoms with Crippen molar-refractivity contribution in [1.82, 2.24) is 19.6 Å². The highest BCUT2D eigenvalue weighted by atomic mass is 32.2. The SMILES string of the molecule is CS(=O)(=O)N1CCC(CNC(=O)c2ccccc2CSc2nc3ccccc3[nH]2)CC1. The quantitative estimate of drug-likeness (QED) is 0.530. The molecule has 1 fully saturated rings. The number of H-pyrrole nitrogens is 1. The van der Waals surface area contributed by atoms with Gasteiger partial charge >= 0.3 is 0 Å². The van der Waals surface area contributed by atoms with Crippen LogP contribution in [0.4, 0.5) is 0 Å². The number of fused-ring (bicyclic) bond motifs is 1. The number of carbonyl (C=O) groups excluding carboxylic acids is 1. The molecule has 0 atom stereocenters. The highest BCUT2D eigenvalue weighted by molar-refractivity contribution is 7.98. The van der Waals surface area contributed by atoms with Crippen LogP contribution in [0, 0.1) is 5.92 Å². The van der Waals surface area contributed by atoms with Crippen molar-refractivity contribution in [3.63, 3.8) is 0 Å². The standard InChI is InChI=1S/C22H26N4O3S2/c1-31(28,29)26-12-10-16(11-13-26)14-23-21(27)18-7-3-2-6-17(18)15-30-22-24-19-8-4-5-9-20(19)25-22/h2-9,16H,10-15H2,1H3,(H,23,27)(H,24,25). The number of rotatable bonds is 7. The molecule has 164 valence electrons. The number of hydrogen-bond acceptors (Lipinski definition) is 5. The van der Waals surface area contributed by atoms with E-state index < -0.39 is 10.0 Å². The largest absolute Gasteiger partial charge is 0.352 e. The summed E-state index contributed by atoms with van der Waals surface area (Å²) >= 11 is 1.57. The molecule has 2 aromatic carbocycles. The molecule has 0 spiro atoms. The molecule has 1 aliphatic rings. The summed E-state index contributed by atoms with van der Waals surface area (Å²) in [5.74, 6) is 0.835. The summed E-state index contributed by atoms with van der Waals surface area (Å²) in [6.07, 6.45) is 2.77. The van der Waals surface area contributed by atoms with Gasteiger partial charge in [0.05, 0.1) is 17.3 Å². The molecule has 3 aromatic rings. The van der Waals surface area contributed by atoms with E-state index in [0.29, 0.717) is 36.9 Å². The smallest absolute Gasteiger partial charge is 0.251 e. The zero-order chi connectivity index (χ0) is 21.8. The van der Waals surface area contributed by atoms with E-state index >= 15 is 0 Å². The van der Waals surface area contributed by atoms with Gasteiger partial charge in [-0.25, -0.2) is 17.7 Å². The predicted molar refractivity (Wildman–Crippen MR) is 124 cm³/mol. The second-order valence-corrected chi connectivity index (χ2v) is 10.8. The lowest BCUT2D eigenvalue weighted by Crippen LogP contribution is -2.41. The van der Waals surface area contributed by atoms with Gasteiger partial charge in [0, 0.05) is 31.0 Å². The highest BCUT2D eigenvalue weighted by Gasteiger charge is 2.25. The number of piperidine rings is 1. The molecule has 0 bridgehead atoms. The molecule has 31 heavy (non-hydrogen) atoms. The Morgan fingerprint density at radius 3 is 2.61 bits per heavy atom. The minimum atomic E-state index is -3.13. The van der Waals surface area contributed by atoms with Gasteiger partial charge in [0.1, 0.15) is 0 Å². The summed E-state index contributed by atoms with van der Waals surface area (Å²) in [5.41, 5.74) is 3.55.